The van der Waals surface area contributed by atoms with Crippen LogP contribution in [-0.4, -0.2) is 77.3 Å². The zero-order valence-corrected chi connectivity index (χ0v) is 21.4. The number of rotatable bonds is 11. The molecule has 7 nitrogen and oxygen atoms in total. The molecule has 0 bridgehead atoms. The number of aromatic nitrogens is 3. The van der Waals surface area contributed by atoms with Crippen LogP contribution in [0.3, 0.4) is 0 Å². The second kappa shape index (κ2) is 16.2. The third-order valence-electron chi connectivity index (χ3n) is 5.30. The maximum absolute atomic E-state index is 13.4. The average molecular weight is 489 g/mol. The zero-order valence-electron chi connectivity index (χ0n) is 20.6. The number of thioether (sulfide) groups is 1. The van der Waals surface area contributed by atoms with Gasteiger partial charge in [0.15, 0.2) is 0 Å². The Morgan fingerprint density at radius 3 is 2.91 bits per heavy atom. The van der Waals surface area contributed by atoms with E-state index in [1.54, 1.807) is 31.8 Å². The lowest BCUT2D eigenvalue weighted by Gasteiger charge is -2.23. The number of hydrogen-bond acceptors (Lipinski definition) is 8. The van der Waals surface area contributed by atoms with Crippen LogP contribution in [-0.2, 0) is 4.74 Å². The Hall–Kier alpha value is -2.49. The summed E-state index contributed by atoms with van der Waals surface area (Å²) in [6.07, 6.45) is 10.7. The third-order valence-corrected chi connectivity index (χ3v) is 6.55. The van der Waals surface area contributed by atoms with Crippen molar-refractivity contribution in [1.82, 2.24) is 25.2 Å². The number of methoxy groups -OCH3 is 1. The minimum absolute atomic E-state index is 0.447. The molecule has 0 saturated carbocycles. The molecule has 1 aliphatic rings. The quantitative estimate of drug-likeness (QED) is 0.450. The highest BCUT2D eigenvalue weighted by Gasteiger charge is 2.14. The molecule has 1 fully saturated rings. The monoisotopic (exact) mass is 488 g/mol. The standard InChI is InChI=1S/C25H37FN6OS/c1-5-32(15-16-33-4)20(2)6-7-22(8-10-26)24-9-11-27-12-13-29-21(3)25(31-24)30-19-23-18-28-14-17-34-23/h6-13,23,28H,5,14-19H2,1-4H3,(H,30,31)/b10-8+,20-6+,22-7+. The first-order chi connectivity index (χ1) is 16.6. The minimum Gasteiger partial charge on any atom is -0.383 e. The van der Waals surface area contributed by atoms with Crippen molar-refractivity contribution in [3.63, 3.8) is 0 Å². The van der Waals surface area contributed by atoms with Gasteiger partial charge in [0.05, 0.1) is 24.3 Å². The van der Waals surface area contributed by atoms with E-state index in [0.717, 1.165) is 49.9 Å². The minimum atomic E-state index is 0.447. The van der Waals surface area contributed by atoms with E-state index in [1.165, 1.54) is 6.08 Å². The SMILES string of the molecule is CCN(CCOC)/C(C)=C/C=C(\C=C\F)c1ccnccnc(C)c(NCC2CNCCS2)n1. The molecule has 2 N–H and O–H groups in total. The van der Waals surface area contributed by atoms with Crippen molar-refractivity contribution in [3.05, 3.63) is 66.3 Å². The van der Waals surface area contributed by atoms with Gasteiger partial charge < -0.3 is 20.3 Å². The molecule has 1 saturated heterocycles. The molecule has 0 spiro atoms. The number of ether oxygens (including phenoxy) is 1. The van der Waals surface area contributed by atoms with Crippen LogP contribution in [0.2, 0.25) is 0 Å². The van der Waals surface area contributed by atoms with E-state index >= 15 is 0 Å². The van der Waals surface area contributed by atoms with Crippen molar-refractivity contribution in [1.29, 1.82) is 0 Å². The van der Waals surface area contributed by atoms with E-state index in [-0.39, 0.29) is 0 Å². The molecule has 186 valence electrons. The van der Waals surface area contributed by atoms with Gasteiger partial charge in [0.2, 0.25) is 0 Å². The van der Waals surface area contributed by atoms with E-state index in [2.05, 4.69) is 32.4 Å². The smallest absolute Gasteiger partial charge is 0.148 e. The molecule has 1 aromatic rings. The molecule has 1 aromatic heterocycles. The largest absolute Gasteiger partial charge is 0.383 e. The lowest BCUT2D eigenvalue weighted by molar-refractivity contribution is 0.166. The first kappa shape index (κ1) is 27.8. The number of anilines is 1. The second-order valence-electron chi connectivity index (χ2n) is 7.70. The van der Waals surface area contributed by atoms with Crippen LogP contribution in [0.5, 0.6) is 0 Å². The molecular formula is C25H37FN6OS. The number of aryl methyl sites for hydroxylation is 1. The normalized spacial score (nSPS) is 16.9. The van der Waals surface area contributed by atoms with Gasteiger partial charge in [-0.2, -0.15) is 11.8 Å². The van der Waals surface area contributed by atoms with Gasteiger partial charge in [-0.25, -0.2) is 9.37 Å². The molecule has 0 radical (unpaired) electrons. The van der Waals surface area contributed by atoms with Crippen LogP contribution in [0.1, 0.15) is 25.2 Å². The van der Waals surface area contributed by atoms with Crippen LogP contribution < -0.4 is 10.6 Å². The van der Waals surface area contributed by atoms with Crippen molar-refractivity contribution >= 4 is 23.2 Å². The van der Waals surface area contributed by atoms with E-state index in [4.69, 9.17) is 9.72 Å². The van der Waals surface area contributed by atoms with Crippen molar-refractivity contribution in [3.8, 4) is 0 Å². The second-order valence-corrected chi connectivity index (χ2v) is 9.10. The molecule has 1 unspecified atom stereocenters. The first-order valence-electron chi connectivity index (χ1n) is 11.6. The summed E-state index contributed by atoms with van der Waals surface area (Å²) in [4.78, 5) is 15.7. The summed E-state index contributed by atoms with van der Waals surface area (Å²) in [6.45, 7) is 11.1. The highest BCUT2D eigenvalue weighted by Crippen LogP contribution is 2.18. The molecule has 1 aliphatic heterocycles. The van der Waals surface area contributed by atoms with Gasteiger partial charge in [0, 0.05) is 80.7 Å². The summed E-state index contributed by atoms with van der Waals surface area (Å²) >= 11 is 1.94. The summed E-state index contributed by atoms with van der Waals surface area (Å²) in [7, 11) is 1.69. The lowest BCUT2D eigenvalue weighted by atomic mass is 10.1. The van der Waals surface area contributed by atoms with Gasteiger partial charge in [0.1, 0.15) is 5.82 Å². The van der Waals surface area contributed by atoms with Gasteiger partial charge in [-0.1, -0.05) is 6.08 Å². The molecule has 0 aromatic carbocycles. The van der Waals surface area contributed by atoms with Gasteiger partial charge in [-0.05, 0) is 39.0 Å². The number of hydrogen-bond donors (Lipinski definition) is 2. The molecule has 34 heavy (non-hydrogen) atoms. The predicted octanol–water partition coefficient (Wildman–Crippen LogP) is 4.16. The van der Waals surface area contributed by atoms with E-state index in [9.17, 15) is 4.39 Å². The highest BCUT2D eigenvalue weighted by atomic mass is 32.2. The lowest BCUT2D eigenvalue weighted by Crippen LogP contribution is -2.36. The Balaban J connectivity index is 2.43. The van der Waals surface area contributed by atoms with Crippen LogP contribution in [0.25, 0.3) is 5.57 Å². The fourth-order valence-electron chi connectivity index (χ4n) is 3.33. The third kappa shape index (κ3) is 9.79. The van der Waals surface area contributed by atoms with Crippen molar-refractivity contribution < 1.29 is 9.13 Å². The molecule has 0 aliphatic carbocycles. The number of likely N-dealkylation sites (N-methyl/N-ethyl adjacent to an activating group) is 1. The Kier molecular flexibility index (Phi) is 13.2. The molecule has 2 rings (SSSR count). The Morgan fingerprint density at radius 2 is 2.21 bits per heavy atom. The summed E-state index contributed by atoms with van der Waals surface area (Å²) < 4.78 is 18.6. The van der Waals surface area contributed by atoms with Gasteiger partial charge in [-0.3, -0.25) is 9.97 Å². The molecule has 0 amide bonds. The predicted molar refractivity (Wildman–Crippen MR) is 141 cm³/mol. The molecule has 1 atom stereocenters. The molecule has 2 heterocycles. The van der Waals surface area contributed by atoms with Gasteiger partial charge in [-0.15, -0.1) is 0 Å². The van der Waals surface area contributed by atoms with Crippen LogP contribution in [0.15, 0.2) is 54.9 Å². The number of allylic oxidation sites excluding steroid dienone is 5. The Bertz CT molecular complexity index is 901. The summed E-state index contributed by atoms with van der Waals surface area (Å²) in [5.74, 6) is 1.75. The van der Waals surface area contributed by atoms with Crippen LogP contribution >= 0.6 is 11.8 Å². The van der Waals surface area contributed by atoms with Crippen molar-refractivity contribution in [2.75, 3.05) is 57.5 Å². The fraction of sp³-hybridized carbons (Fsp3) is 0.480. The summed E-state index contributed by atoms with van der Waals surface area (Å²) in [5, 5.41) is 7.33. The van der Waals surface area contributed by atoms with Crippen molar-refractivity contribution in [2.24, 2.45) is 0 Å². The average Bonchev–Trinajstić information content (AvgIpc) is 2.86. The van der Waals surface area contributed by atoms with Crippen LogP contribution in [0, 0.1) is 6.92 Å². The number of nitrogens with zero attached hydrogens (tertiary/aromatic N) is 4. The van der Waals surface area contributed by atoms with E-state index in [1.807, 2.05) is 37.8 Å². The zero-order chi connectivity index (χ0) is 24.6. The number of nitrogens with one attached hydrogen (secondary N) is 2. The fourth-order valence-corrected chi connectivity index (χ4v) is 4.36. The summed E-state index contributed by atoms with van der Waals surface area (Å²) in [6, 6.07) is 1.78. The van der Waals surface area contributed by atoms with Gasteiger partial charge >= 0.3 is 0 Å². The summed E-state index contributed by atoms with van der Waals surface area (Å²) in [5.41, 5.74) is 3.01. The van der Waals surface area contributed by atoms with E-state index < -0.39 is 0 Å². The topological polar surface area (TPSA) is 75.2 Å². The van der Waals surface area contributed by atoms with E-state index in [0.29, 0.717) is 35.3 Å². The maximum atomic E-state index is 13.4. The maximum Gasteiger partial charge on any atom is 0.148 e. The van der Waals surface area contributed by atoms with Gasteiger partial charge in [0.25, 0.3) is 0 Å². The molecule has 9 heteroatoms. The molecular weight excluding hydrogens is 451 g/mol. The highest BCUT2D eigenvalue weighted by molar-refractivity contribution is 8.00. The van der Waals surface area contributed by atoms with Crippen LogP contribution in [0.4, 0.5) is 10.2 Å². The Labute approximate surface area is 207 Å². The number of halogens is 1. The van der Waals surface area contributed by atoms with Crippen molar-refractivity contribution in [2.45, 2.75) is 26.0 Å². The first-order valence-corrected chi connectivity index (χ1v) is 12.6. The Morgan fingerprint density at radius 1 is 1.35 bits per heavy atom.